The predicted molar refractivity (Wildman–Crippen MR) is 42.3 cm³/mol. The SMILES string of the molecule is OCc1cc(F)c(Cl)c(Cl)c1. The summed E-state index contributed by atoms with van der Waals surface area (Å²) in [7, 11) is 0. The molecule has 1 aromatic rings. The van der Waals surface area contributed by atoms with Crippen molar-refractivity contribution in [2.45, 2.75) is 6.61 Å². The summed E-state index contributed by atoms with van der Waals surface area (Å²) < 4.78 is 12.7. The number of aliphatic hydroxyl groups is 1. The number of aliphatic hydroxyl groups excluding tert-OH is 1. The molecule has 0 saturated carbocycles. The fourth-order valence-electron chi connectivity index (χ4n) is 0.699. The highest BCUT2D eigenvalue weighted by molar-refractivity contribution is 6.42. The highest BCUT2D eigenvalue weighted by Gasteiger charge is 2.05. The molecule has 1 nitrogen and oxygen atoms in total. The van der Waals surface area contributed by atoms with Crippen molar-refractivity contribution >= 4 is 23.2 Å². The summed E-state index contributed by atoms with van der Waals surface area (Å²) in [6.07, 6.45) is 0. The molecule has 0 spiro atoms. The molecule has 0 aliphatic carbocycles. The summed E-state index contributed by atoms with van der Waals surface area (Å²) in [5.74, 6) is -0.608. The molecule has 60 valence electrons. The maximum atomic E-state index is 12.7. The van der Waals surface area contributed by atoms with Crippen LogP contribution in [0.2, 0.25) is 10.0 Å². The molecule has 11 heavy (non-hydrogen) atoms. The van der Waals surface area contributed by atoms with Gasteiger partial charge in [0.05, 0.1) is 16.7 Å². The van der Waals surface area contributed by atoms with E-state index in [1.54, 1.807) is 0 Å². The van der Waals surface area contributed by atoms with E-state index in [-0.39, 0.29) is 16.7 Å². The first-order chi connectivity index (χ1) is 5.15. The number of rotatable bonds is 1. The van der Waals surface area contributed by atoms with Crippen molar-refractivity contribution in [2.24, 2.45) is 0 Å². The van der Waals surface area contributed by atoms with Crippen LogP contribution < -0.4 is 0 Å². The van der Waals surface area contributed by atoms with Gasteiger partial charge >= 0.3 is 0 Å². The average Bonchev–Trinajstić information content (AvgIpc) is 1.99. The largest absolute Gasteiger partial charge is 0.392 e. The minimum atomic E-state index is -0.608. The second-order valence-electron chi connectivity index (χ2n) is 2.03. The van der Waals surface area contributed by atoms with Gasteiger partial charge in [-0.1, -0.05) is 23.2 Å². The molecule has 0 amide bonds. The summed E-state index contributed by atoms with van der Waals surface area (Å²) >= 11 is 10.9. The van der Waals surface area contributed by atoms with Crippen LogP contribution in [0.5, 0.6) is 0 Å². The monoisotopic (exact) mass is 194 g/mol. The molecule has 0 atom stereocenters. The molecule has 0 heterocycles. The molecule has 0 unspecified atom stereocenters. The Morgan fingerprint density at radius 2 is 2.00 bits per heavy atom. The standard InChI is InChI=1S/C7H5Cl2FO/c8-5-1-4(3-11)2-6(10)7(5)9/h1-2,11H,3H2. The molecular weight excluding hydrogens is 190 g/mol. The zero-order valence-electron chi connectivity index (χ0n) is 5.44. The molecule has 0 radical (unpaired) electrons. The Labute approximate surface area is 73.4 Å². The fraction of sp³-hybridized carbons (Fsp3) is 0.143. The van der Waals surface area contributed by atoms with Gasteiger partial charge in [-0.25, -0.2) is 4.39 Å². The second kappa shape index (κ2) is 3.39. The number of halogens is 3. The normalized spacial score (nSPS) is 10.2. The highest BCUT2D eigenvalue weighted by Crippen LogP contribution is 2.26. The Hall–Kier alpha value is -0.310. The van der Waals surface area contributed by atoms with Crippen LogP contribution in [0.3, 0.4) is 0 Å². The lowest BCUT2D eigenvalue weighted by Gasteiger charge is -2.00. The van der Waals surface area contributed by atoms with E-state index >= 15 is 0 Å². The molecule has 4 heteroatoms. The molecule has 0 aliphatic heterocycles. The quantitative estimate of drug-likeness (QED) is 0.682. The van der Waals surface area contributed by atoms with Gasteiger partial charge < -0.3 is 5.11 Å². The molecule has 1 aromatic carbocycles. The van der Waals surface area contributed by atoms with Crippen molar-refractivity contribution in [1.82, 2.24) is 0 Å². The summed E-state index contributed by atoms with van der Waals surface area (Å²) in [6.45, 7) is -0.242. The highest BCUT2D eigenvalue weighted by atomic mass is 35.5. The summed E-state index contributed by atoms with van der Waals surface area (Å²) in [5.41, 5.74) is 0.414. The zero-order chi connectivity index (χ0) is 8.43. The van der Waals surface area contributed by atoms with Crippen LogP contribution in [0.25, 0.3) is 0 Å². The number of benzene rings is 1. The first kappa shape index (κ1) is 8.78. The number of hydrogen-bond donors (Lipinski definition) is 1. The van der Waals surface area contributed by atoms with Crippen LogP contribution in [-0.2, 0) is 6.61 Å². The van der Waals surface area contributed by atoms with Crippen molar-refractivity contribution in [1.29, 1.82) is 0 Å². The van der Waals surface area contributed by atoms with E-state index in [1.807, 2.05) is 0 Å². The van der Waals surface area contributed by atoms with Gasteiger partial charge in [0.15, 0.2) is 0 Å². The summed E-state index contributed by atoms with van der Waals surface area (Å²) in [6, 6.07) is 2.57. The summed E-state index contributed by atoms with van der Waals surface area (Å²) in [4.78, 5) is 0. The molecule has 0 aromatic heterocycles. The van der Waals surface area contributed by atoms with E-state index in [1.165, 1.54) is 6.07 Å². The molecule has 0 saturated heterocycles. The van der Waals surface area contributed by atoms with Crippen molar-refractivity contribution in [3.8, 4) is 0 Å². The van der Waals surface area contributed by atoms with Crippen molar-refractivity contribution in [2.75, 3.05) is 0 Å². The molecular formula is C7H5Cl2FO. The molecule has 1 N–H and O–H groups in total. The Morgan fingerprint density at radius 3 is 2.45 bits per heavy atom. The third-order valence-electron chi connectivity index (χ3n) is 1.23. The first-order valence-corrected chi connectivity index (χ1v) is 3.65. The van der Waals surface area contributed by atoms with Gasteiger partial charge in [-0.3, -0.25) is 0 Å². The van der Waals surface area contributed by atoms with E-state index < -0.39 is 5.82 Å². The van der Waals surface area contributed by atoms with Crippen LogP contribution in [-0.4, -0.2) is 5.11 Å². The maximum absolute atomic E-state index is 12.7. The Morgan fingerprint density at radius 1 is 1.36 bits per heavy atom. The molecule has 1 rings (SSSR count). The van der Waals surface area contributed by atoms with E-state index in [0.29, 0.717) is 5.56 Å². The third-order valence-corrected chi connectivity index (χ3v) is 2.01. The molecule has 0 bridgehead atoms. The van der Waals surface area contributed by atoms with Gasteiger partial charge in [0, 0.05) is 0 Å². The van der Waals surface area contributed by atoms with Crippen LogP contribution in [0.1, 0.15) is 5.56 Å². The van der Waals surface area contributed by atoms with Gasteiger partial charge in [0.2, 0.25) is 0 Å². The van der Waals surface area contributed by atoms with Crippen molar-refractivity contribution in [3.63, 3.8) is 0 Å². The van der Waals surface area contributed by atoms with Gasteiger partial charge in [-0.15, -0.1) is 0 Å². The molecule has 0 fully saturated rings. The minimum Gasteiger partial charge on any atom is -0.392 e. The van der Waals surface area contributed by atoms with Crippen LogP contribution in [0, 0.1) is 5.82 Å². The fourth-order valence-corrected chi connectivity index (χ4v) is 1.04. The maximum Gasteiger partial charge on any atom is 0.143 e. The van der Waals surface area contributed by atoms with Crippen molar-refractivity contribution < 1.29 is 9.50 Å². The average molecular weight is 195 g/mol. The smallest absolute Gasteiger partial charge is 0.143 e. The molecule has 0 aliphatic rings. The van der Waals surface area contributed by atoms with E-state index in [0.717, 1.165) is 6.07 Å². The number of hydrogen-bond acceptors (Lipinski definition) is 1. The Kier molecular flexibility index (Phi) is 2.71. The van der Waals surface area contributed by atoms with E-state index in [2.05, 4.69) is 0 Å². The topological polar surface area (TPSA) is 20.2 Å². The Balaban J connectivity index is 3.21. The first-order valence-electron chi connectivity index (χ1n) is 2.89. The third kappa shape index (κ3) is 1.83. The van der Waals surface area contributed by atoms with Gasteiger partial charge in [-0.05, 0) is 17.7 Å². The van der Waals surface area contributed by atoms with Gasteiger partial charge in [-0.2, -0.15) is 0 Å². The lowest BCUT2D eigenvalue weighted by molar-refractivity contribution is 0.281. The van der Waals surface area contributed by atoms with E-state index in [9.17, 15) is 4.39 Å². The van der Waals surface area contributed by atoms with E-state index in [4.69, 9.17) is 28.3 Å². The summed E-state index contributed by atoms with van der Waals surface area (Å²) in [5, 5.41) is 8.62. The lowest BCUT2D eigenvalue weighted by Crippen LogP contribution is -1.86. The van der Waals surface area contributed by atoms with Gasteiger partial charge in [0.1, 0.15) is 5.82 Å². The van der Waals surface area contributed by atoms with Crippen LogP contribution in [0.15, 0.2) is 12.1 Å². The lowest BCUT2D eigenvalue weighted by atomic mass is 10.2. The second-order valence-corrected chi connectivity index (χ2v) is 2.82. The van der Waals surface area contributed by atoms with Gasteiger partial charge in [0.25, 0.3) is 0 Å². The van der Waals surface area contributed by atoms with Crippen molar-refractivity contribution in [3.05, 3.63) is 33.6 Å². The zero-order valence-corrected chi connectivity index (χ0v) is 6.95. The van der Waals surface area contributed by atoms with Crippen LogP contribution in [0.4, 0.5) is 4.39 Å². The minimum absolute atomic E-state index is 0.108. The predicted octanol–water partition coefficient (Wildman–Crippen LogP) is 2.62. The van der Waals surface area contributed by atoms with Crippen LogP contribution >= 0.6 is 23.2 Å². The Bertz CT molecular complexity index is 252.